The van der Waals surface area contributed by atoms with Crippen LogP contribution in [0.1, 0.15) is 38.1 Å². The Bertz CT molecular complexity index is 418. The van der Waals surface area contributed by atoms with Crippen molar-refractivity contribution < 1.29 is 14.6 Å². The van der Waals surface area contributed by atoms with Crippen molar-refractivity contribution in [2.75, 3.05) is 19.7 Å². The molecule has 0 aliphatic heterocycles. The van der Waals surface area contributed by atoms with E-state index >= 15 is 0 Å². The Labute approximate surface area is 127 Å². The maximum absolute atomic E-state index is 10.7. The van der Waals surface area contributed by atoms with Crippen LogP contribution >= 0.6 is 0 Å². The van der Waals surface area contributed by atoms with Crippen molar-refractivity contribution >= 4 is 5.97 Å². The molecule has 21 heavy (non-hydrogen) atoms. The summed E-state index contributed by atoms with van der Waals surface area (Å²) in [5, 5.41) is 12.2. The molecule has 2 N–H and O–H groups in total. The third-order valence-electron chi connectivity index (χ3n) is 3.74. The van der Waals surface area contributed by atoms with Crippen LogP contribution in [0, 0.1) is 17.8 Å². The maximum atomic E-state index is 10.7. The second-order valence-corrected chi connectivity index (χ2v) is 6.03. The number of benzene rings is 1. The predicted molar refractivity (Wildman–Crippen MR) is 84.9 cm³/mol. The van der Waals surface area contributed by atoms with Crippen LogP contribution in [0.5, 0.6) is 5.75 Å². The summed E-state index contributed by atoms with van der Waals surface area (Å²) in [6, 6.07) is 6.49. The molecule has 1 aromatic carbocycles. The lowest BCUT2D eigenvalue weighted by molar-refractivity contribution is 0.0697. The van der Waals surface area contributed by atoms with Crippen molar-refractivity contribution in [3.8, 4) is 5.75 Å². The summed E-state index contributed by atoms with van der Waals surface area (Å²) >= 11 is 0. The van der Waals surface area contributed by atoms with E-state index in [9.17, 15) is 4.79 Å². The van der Waals surface area contributed by atoms with Crippen LogP contribution in [0.25, 0.3) is 0 Å². The van der Waals surface area contributed by atoms with E-state index in [0.29, 0.717) is 30.1 Å². The molecular formula is C17H27NO3. The Morgan fingerprint density at radius 1 is 1.14 bits per heavy atom. The van der Waals surface area contributed by atoms with Gasteiger partial charge in [-0.25, -0.2) is 4.79 Å². The van der Waals surface area contributed by atoms with Gasteiger partial charge in [-0.15, -0.1) is 0 Å². The monoisotopic (exact) mass is 293 g/mol. The second-order valence-electron chi connectivity index (χ2n) is 6.03. The smallest absolute Gasteiger partial charge is 0.335 e. The molecule has 0 heterocycles. The zero-order valence-electron chi connectivity index (χ0n) is 13.4. The zero-order valence-corrected chi connectivity index (χ0v) is 13.4. The van der Waals surface area contributed by atoms with Crippen LogP contribution in [-0.2, 0) is 0 Å². The summed E-state index contributed by atoms with van der Waals surface area (Å²) in [4.78, 5) is 10.7. The quantitative estimate of drug-likeness (QED) is 0.686. The second kappa shape index (κ2) is 8.67. The Kier molecular flexibility index (Phi) is 7.23. The highest BCUT2D eigenvalue weighted by atomic mass is 16.5. The molecule has 0 fully saturated rings. The van der Waals surface area contributed by atoms with Crippen molar-refractivity contribution in [2.45, 2.75) is 27.7 Å². The molecule has 4 nitrogen and oxygen atoms in total. The van der Waals surface area contributed by atoms with E-state index in [0.717, 1.165) is 13.1 Å². The number of rotatable bonds is 9. The van der Waals surface area contributed by atoms with Gasteiger partial charge in [0.15, 0.2) is 0 Å². The molecule has 0 aliphatic rings. The molecule has 0 atom stereocenters. The maximum Gasteiger partial charge on any atom is 0.335 e. The summed E-state index contributed by atoms with van der Waals surface area (Å²) in [6.45, 7) is 11.4. The summed E-state index contributed by atoms with van der Waals surface area (Å²) in [5.41, 5.74) is 0.275. The first-order valence-corrected chi connectivity index (χ1v) is 7.58. The Hall–Kier alpha value is -1.55. The lowest BCUT2D eigenvalue weighted by Crippen LogP contribution is -2.32. The Balaban J connectivity index is 2.26. The average molecular weight is 293 g/mol. The van der Waals surface area contributed by atoms with E-state index in [2.05, 4.69) is 33.0 Å². The van der Waals surface area contributed by atoms with Gasteiger partial charge in [0, 0.05) is 6.54 Å². The van der Waals surface area contributed by atoms with Gasteiger partial charge in [0.05, 0.1) is 5.56 Å². The molecule has 4 heteroatoms. The van der Waals surface area contributed by atoms with Crippen molar-refractivity contribution in [2.24, 2.45) is 17.8 Å². The molecule has 0 saturated heterocycles. The third kappa shape index (κ3) is 6.17. The highest BCUT2D eigenvalue weighted by Crippen LogP contribution is 2.19. The molecule has 118 valence electrons. The van der Waals surface area contributed by atoms with Gasteiger partial charge in [0.2, 0.25) is 0 Å². The topological polar surface area (TPSA) is 58.6 Å². The number of carboxylic acid groups (broad SMARTS) is 1. The van der Waals surface area contributed by atoms with E-state index in [1.54, 1.807) is 24.3 Å². The van der Waals surface area contributed by atoms with Gasteiger partial charge in [-0.05, 0) is 48.6 Å². The minimum Gasteiger partial charge on any atom is -0.492 e. The summed E-state index contributed by atoms with van der Waals surface area (Å²) < 4.78 is 5.59. The molecule has 1 rings (SSSR count). The molecule has 1 aromatic rings. The molecule has 0 spiro atoms. The van der Waals surface area contributed by atoms with Gasteiger partial charge in [-0.2, -0.15) is 0 Å². The number of hydrogen-bond acceptors (Lipinski definition) is 3. The van der Waals surface area contributed by atoms with Crippen LogP contribution in [-0.4, -0.2) is 30.8 Å². The number of nitrogens with one attached hydrogen (secondary N) is 1. The van der Waals surface area contributed by atoms with Gasteiger partial charge in [0.25, 0.3) is 0 Å². The van der Waals surface area contributed by atoms with E-state index in [1.807, 2.05) is 0 Å². The van der Waals surface area contributed by atoms with E-state index in [4.69, 9.17) is 9.84 Å². The number of carbonyl (C=O) groups is 1. The van der Waals surface area contributed by atoms with E-state index in [-0.39, 0.29) is 5.56 Å². The van der Waals surface area contributed by atoms with E-state index in [1.165, 1.54) is 0 Å². The summed E-state index contributed by atoms with van der Waals surface area (Å²) in [6.07, 6.45) is 0. The summed E-state index contributed by atoms with van der Waals surface area (Å²) in [5.74, 6) is 1.78. The van der Waals surface area contributed by atoms with Gasteiger partial charge in [0.1, 0.15) is 12.4 Å². The van der Waals surface area contributed by atoms with Gasteiger partial charge in [-0.1, -0.05) is 27.7 Å². The fraction of sp³-hybridized carbons (Fsp3) is 0.588. The molecule has 0 amide bonds. The minimum atomic E-state index is -0.920. The first-order chi connectivity index (χ1) is 9.91. The first kappa shape index (κ1) is 17.5. The fourth-order valence-electron chi connectivity index (χ4n) is 2.44. The number of carboxylic acids is 1. The Morgan fingerprint density at radius 2 is 1.71 bits per heavy atom. The normalized spacial score (nSPS) is 11.4. The fourth-order valence-corrected chi connectivity index (χ4v) is 2.44. The Morgan fingerprint density at radius 3 is 2.19 bits per heavy atom. The third-order valence-corrected chi connectivity index (χ3v) is 3.74. The number of hydrogen-bond donors (Lipinski definition) is 2. The van der Waals surface area contributed by atoms with Crippen molar-refractivity contribution in [1.82, 2.24) is 5.32 Å². The lowest BCUT2D eigenvalue weighted by Gasteiger charge is -2.25. The predicted octanol–water partition coefficient (Wildman–Crippen LogP) is 3.28. The number of ether oxygens (including phenoxy) is 1. The average Bonchev–Trinajstić information content (AvgIpc) is 2.42. The largest absolute Gasteiger partial charge is 0.492 e. The first-order valence-electron chi connectivity index (χ1n) is 7.58. The molecular weight excluding hydrogens is 266 g/mol. The van der Waals surface area contributed by atoms with Gasteiger partial charge in [-0.3, -0.25) is 0 Å². The standard InChI is InChI=1S/C17H27NO3/c1-12(2)16(13(3)4)11-18-9-10-21-15-7-5-14(6-8-15)17(19)20/h5-8,12-13,16,18H,9-11H2,1-4H3,(H,19,20). The van der Waals surface area contributed by atoms with Crippen LogP contribution in [0.15, 0.2) is 24.3 Å². The number of aromatic carboxylic acids is 1. The van der Waals surface area contributed by atoms with Crippen LogP contribution in [0.2, 0.25) is 0 Å². The van der Waals surface area contributed by atoms with Gasteiger partial charge < -0.3 is 15.2 Å². The van der Waals surface area contributed by atoms with Crippen LogP contribution < -0.4 is 10.1 Å². The molecule has 0 unspecified atom stereocenters. The molecule has 0 radical (unpaired) electrons. The molecule has 0 aliphatic carbocycles. The summed E-state index contributed by atoms with van der Waals surface area (Å²) in [7, 11) is 0. The molecule has 0 saturated carbocycles. The highest BCUT2D eigenvalue weighted by molar-refractivity contribution is 5.87. The molecule has 0 aromatic heterocycles. The van der Waals surface area contributed by atoms with Crippen molar-refractivity contribution in [1.29, 1.82) is 0 Å². The SMILES string of the molecule is CC(C)C(CNCCOc1ccc(C(=O)O)cc1)C(C)C. The van der Waals surface area contributed by atoms with Crippen molar-refractivity contribution in [3.63, 3.8) is 0 Å². The minimum absolute atomic E-state index is 0.275. The van der Waals surface area contributed by atoms with E-state index < -0.39 is 5.97 Å². The van der Waals surface area contributed by atoms with Crippen molar-refractivity contribution in [3.05, 3.63) is 29.8 Å². The van der Waals surface area contributed by atoms with Gasteiger partial charge >= 0.3 is 5.97 Å². The zero-order chi connectivity index (χ0) is 15.8. The molecule has 0 bridgehead atoms. The lowest BCUT2D eigenvalue weighted by atomic mass is 9.85. The highest BCUT2D eigenvalue weighted by Gasteiger charge is 2.16. The van der Waals surface area contributed by atoms with Crippen LogP contribution in [0.4, 0.5) is 0 Å². The van der Waals surface area contributed by atoms with Crippen LogP contribution in [0.3, 0.4) is 0 Å².